The molecule has 0 atom stereocenters. The summed E-state index contributed by atoms with van der Waals surface area (Å²) >= 11 is 0. The SMILES string of the molecule is O=C(Nc1cccc(-c2cccc(F)c2)c1)c1cc(N2CCCCC2)ccc1O. The Labute approximate surface area is 169 Å². The Morgan fingerprint density at radius 2 is 1.62 bits per heavy atom. The van der Waals surface area contributed by atoms with Crippen molar-refractivity contribution in [1.29, 1.82) is 0 Å². The molecule has 1 amide bonds. The van der Waals surface area contributed by atoms with Crippen LogP contribution >= 0.6 is 0 Å². The highest BCUT2D eigenvalue weighted by atomic mass is 19.1. The van der Waals surface area contributed by atoms with Gasteiger partial charge in [0.1, 0.15) is 11.6 Å². The lowest BCUT2D eigenvalue weighted by atomic mass is 10.0. The number of benzene rings is 3. The van der Waals surface area contributed by atoms with Gasteiger partial charge in [0.15, 0.2) is 0 Å². The number of carbonyl (C=O) groups excluding carboxylic acids is 1. The van der Waals surface area contributed by atoms with E-state index in [1.54, 1.807) is 36.4 Å². The maximum Gasteiger partial charge on any atom is 0.259 e. The van der Waals surface area contributed by atoms with E-state index in [0.717, 1.165) is 42.7 Å². The molecule has 0 unspecified atom stereocenters. The van der Waals surface area contributed by atoms with Crippen LogP contribution in [0.2, 0.25) is 0 Å². The molecule has 0 radical (unpaired) electrons. The Kier molecular flexibility index (Phi) is 5.47. The molecule has 148 valence electrons. The number of nitrogens with one attached hydrogen (secondary N) is 1. The Morgan fingerprint density at radius 3 is 2.38 bits per heavy atom. The normalized spacial score (nSPS) is 13.9. The van der Waals surface area contributed by atoms with E-state index in [1.165, 1.54) is 18.6 Å². The number of aromatic hydroxyl groups is 1. The van der Waals surface area contributed by atoms with Gasteiger partial charge >= 0.3 is 0 Å². The first-order valence-electron chi connectivity index (χ1n) is 9.85. The molecule has 0 saturated carbocycles. The van der Waals surface area contributed by atoms with Gasteiger partial charge in [-0.05, 0) is 72.9 Å². The molecular formula is C24H23FN2O2. The minimum absolute atomic E-state index is 0.0513. The Bertz CT molecular complexity index is 1030. The van der Waals surface area contributed by atoms with Crippen LogP contribution < -0.4 is 10.2 Å². The number of rotatable bonds is 4. The van der Waals surface area contributed by atoms with E-state index in [4.69, 9.17) is 0 Å². The maximum absolute atomic E-state index is 13.5. The van der Waals surface area contributed by atoms with Crippen LogP contribution in [0, 0.1) is 5.82 Å². The molecule has 4 rings (SSSR count). The van der Waals surface area contributed by atoms with Gasteiger partial charge in [-0.1, -0.05) is 24.3 Å². The number of phenols is 1. The third kappa shape index (κ3) is 4.40. The van der Waals surface area contributed by atoms with Crippen LogP contribution in [-0.4, -0.2) is 24.1 Å². The summed E-state index contributed by atoms with van der Waals surface area (Å²) in [5, 5.41) is 13.1. The van der Waals surface area contributed by atoms with Crippen LogP contribution in [0.3, 0.4) is 0 Å². The molecular weight excluding hydrogens is 367 g/mol. The van der Waals surface area contributed by atoms with Crippen LogP contribution in [-0.2, 0) is 0 Å². The van der Waals surface area contributed by atoms with Crippen LogP contribution in [0.4, 0.5) is 15.8 Å². The zero-order valence-corrected chi connectivity index (χ0v) is 16.1. The van der Waals surface area contributed by atoms with Crippen molar-refractivity contribution < 1.29 is 14.3 Å². The maximum atomic E-state index is 13.5. The summed E-state index contributed by atoms with van der Waals surface area (Å²) < 4.78 is 13.5. The van der Waals surface area contributed by atoms with Crippen molar-refractivity contribution in [2.75, 3.05) is 23.3 Å². The van der Waals surface area contributed by atoms with E-state index in [9.17, 15) is 14.3 Å². The Morgan fingerprint density at radius 1 is 0.897 bits per heavy atom. The number of piperidine rings is 1. The van der Waals surface area contributed by atoms with Crippen molar-refractivity contribution in [3.63, 3.8) is 0 Å². The van der Waals surface area contributed by atoms with Gasteiger partial charge in [-0.25, -0.2) is 4.39 Å². The average Bonchev–Trinajstić information content (AvgIpc) is 2.75. The van der Waals surface area contributed by atoms with Gasteiger partial charge in [0.2, 0.25) is 0 Å². The number of hydrogen-bond donors (Lipinski definition) is 2. The summed E-state index contributed by atoms with van der Waals surface area (Å²) in [6.07, 6.45) is 3.49. The molecule has 29 heavy (non-hydrogen) atoms. The van der Waals surface area contributed by atoms with Gasteiger partial charge in [-0.15, -0.1) is 0 Å². The fourth-order valence-corrected chi connectivity index (χ4v) is 3.70. The monoisotopic (exact) mass is 390 g/mol. The zero-order chi connectivity index (χ0) is 20.2. The number of nitrogens with zero attached hydrogens (tertiary/aromatic N) is 1. The van der Waals surface area contributed by atoms with Crippen molar-refractivity contribution in [2.24, 2.45) is 0 Å². The van der Waals surface area contributed by atoms with Crippen molar-refractivity contribution in [2.45, 2.75) is 19.3 Å². The zero-order valence-electron chi connectivity index (χ0n) is 16.1. The first kappa shape index (κ1) is 19.0. The number of hydrogen-bond acceptors (Lipinski definition) is 3. The summed E-state index contributed by atoms with van der Waals surface area (Å²) in [5.74, 6) is -0.737. The molecule has 5 heteroatoms. The molecule has 0 aromatic heterocycles. The molecule has 3 aromatic carbocycles. The van der Waals surface area contributed by atoms with E-state index >= 15 is 0 Å². The van der Waals surface area contributed by atoms with E-state index in [-0.39, 0.29) is 23.0 Å². The summed E-state index contributed by atoms with van der Waals surface area (Å²) in [6.45, 7) is 1.92. The molecule has 1 aliphatic rings. The van der Waals surface area contributed by atoms with Crippen molar-refractivity contribution in [3.8, 4) is 16.9 Å². The molecule has 1 fully saturated rings. The molecule has 1 aliphatic heterocycles. The third-order valence-electron chi connectivity index (χ3n) is 5.22. The molecule has 2 N–H and O–H groups in total. The lowest BCUT2D eigenvalue weighted by Gasteiger charge is -2.29. The van der Waals surface area contributed by atoms with Gasteiger partial charge in [-0.3, -0.25) is 4.79 Å². The summed E-state index contributed by atoms with van der Waals surface area (Å²) in [7, 11) is 0. The minimum atomic E-state index is -0.377. The number of carbonyl (C=O) groups is 1. The smallest absolute Gasteiger partial charge is 0.259 e. The molecule has 0 aliphatic carbocycles. The molecule has 1 saturated heterocycles. The standard InChI is InChI=1S/C24H23FN2O2/c25-19-8-4-6-17(14-19)18-7-5-9-20(15-18)26-24(29)22-16-21(10-11-23(22)28)27-12-2-1-3-13-27/h4-11,14-16,28H,1-3,12-13H2,(H,26,29). The highest BCUT2D eigenvalue weighted by Crippen LogP contribution is 2.28. The molecule has 0 bridgehead atoms. The predicted molar refractivity (Wildman–Crippen MR) is 114 cm³/mol. The Hall–Kier alpha value is -3.34. The highest BCUT2D eigenvalue weighted by molar-refractivity contribution is 6.07. The van der Waals surface area contributed by atoms with Crippen molar-refractivity contribution in [1.82, 2.24) is 0 Å². The second kappa shape index (κ2) is 8.35. The van der Waals surface area contributed by atoms with Crippen LogP contribution in [0.5, 0.6) is 5.75 Å². The largest absolute Gasteiger partial charge is 0.507 e. The van der Waals surface area contributed by atoms with E-state index in [2.05, 4.69) is 10.2 Å². The van der Waals surface area contributed by atoms with Crippen molar-refractivity contribution in [3.05, 3.63) is 78.1 Å². The fraction of sp³-hybridized carbons (Fsp3) is 0.208. The highest BCUT2D eigenvalue weighted by Gasteiger charge is 2.17. The number of halogens is 1. The Balaban J connectivity index is 1.56. The number of phenolic OH excluding ortho intramolecular Hbond substituents is 1. The van der Waals surface area contributed by atoms with Crippen LogP contribution in [0.25, 0.3) is 11.1 Å². The second-order valence-corrected chi connectivity index (χ2v) is 7.29. The number of anilines is 2. The molecule has 3 aromatic rings. The lowest BCUT2D eigenvalue weighted by Crippen LogP contribution is -2.29. The first-order valence-corrected chi connectivity index (χ1v) is 9.85. The van der Waals surface area contributed by atoms with Crippen molar-refractivity contribution >= 4 is 17.3 Å². The summed E-state index contributed by atoms with van der Waals surface area (Å²) in [5.41, 5.74) is 3.30. The molecule has 4 nitrogen and oxygen atoms in total. The van der Waals surface area contributed by atoms with Gasteiger partial charge < -0.3 is 15.3 Å². The molecule has 0 spiro atoms. The van der Waals surface area contributed by atoms with Crippen LogP contribution in [0.1, 0.15) is 29.6 Å². The first-order chi connectivity index (χ1) is 14.1. The van der Waals surface area contributed by atoms with Gasteiger partial charge in [0.25, 0.3) is 5.91 Å². The average molecular weight is 390 g/mol. The predicted octanol–water partition coefficient (Wildman–Crippen LogP) is 5.44. The van der Waals surface area contributed by atoms with Gasteiger partial charge in [0.05, 0.1) is 5.56 Å². The molecule has 1 heterocycles. The fourth-order valence-electron chi connectivity index (χ4n) is 3.70. The van der Waals surface area contributed by atoms with Gasteiger partial charge in [0, 0.05) is 24.5 Å². The topological polar surface area (TPSA) is 52.6 Å². The quantitative estimate of drug-likeness (QED) is 0.624. The van der Waals surface area contributed by atoms with Crippen LogP contribution in [0.15, 0.2) is 66.7 Å². The minimum Gasteiger partial charge on any atom is -0.507 e. The van der Waals surface area contributed by atoms with E-state index in [1.807, 2.05) is 18.2 Å². The summed E-state index contributed by atoms with van der Waals surface area (Å²) in [4.78, 5) is 15.1. The lowest BCUT2D eigenvalue weighted by molar-refractivity contribution is 0.102. The second-order valence-electron chi connectivity index (χ2n) is 7.29. The summed E-state index contributed by atoms with van der Waals surface area (Å²) in [6, 6.07) is 18.7. The van der Waals surface area contributed by atoms with E-state index in [0.29, 0.717) is 5.69 Å². The third-order valence-corrected chi connectivity index (χ3v) is 5.22. The van der Waals surface area contributed by atoms with E-state index < -0.39 is 0 Å². The van der Waals surface area contributed by atoms with Gasteiger partial charge in [-0.2, -0.15) is 0 Å². The number of amides is 1.